The first-order valence-corrected chi connectivity index (χ1v) is 6.99. The molecular formula is C16H31NO. The van der Waals surface area contributed by atoms with Crippen molar-refractivity contribution in [2.24, 2.45) is 0 Å². The standard InChI is InChI=1S/C10H13NO.3C2H6/c1-8(12)10-6-4-3-5-9(10)7-11-2;3*1-2/h3-6,11H,7H2,1-2H3;3*1-2H3. The Morgan fingerprint density at radius 2 is 1.44 bits per heavy atom. The van der Waals surface area contributed by atoms with Crippen molar-refractivity contribution in [2.45, 2.75) is 55.0 Å². The van der Waals surface area contributed by atoms with Crippen molar-refractivity contribution in [1.82, 2.24) is 5.32 Å². The van der Waals surface area contributed by atoms with E-state index in [-0.39, 0.29) is 5.78 Å². The van der Waals surface area contributed by atoms with Crippen molar-refractivity contribution >= 4 is 5.78 Å². The highest BCUT2D eigenvalue weighted by molar-refractivity contribution is 5.95. The summed E-state index contributed by atoms with van der Waals surface area (Å²) < 4.78 is 0. The third kappa shape index (κ3) is 10.0. The molecule has 0 atom stereocenters. The second-order valence-corrected chi connectivity index (χ2v) is 2.74. The van der Waals surface area contributed by atoms with E-state index in [2.05, 4.69) is 5.32 Å². The first-order valence-electron chi connectivity index (χ1n) is 6.99. The van der Waals surface area contributed by atoms with Crippen LogP contribution >= 0.6 is 0 Å². The molecule has 106 valence electrons. The predicted octanol–water partition coefficient (Wildman–Crippen LogP) is 4.69. The van der Waals surface area contributed by atoms with Crippen molar-refractivity contribution in [2.75, 3.05) is 7.05 Å². The molecule has 0 unspecified atom stereocenters. The molecule has 0 aliphatic rings. The van der Waals surface area contributed by atoms with Gasteiger partial charge in [-0.25, -0.2) is 0 Å². The molecule has 18 heavy (non-hydrogen) atoms. The van der Waals surface area contributed by atoms with Gasteiger partial charge in [-0.3, -0.25) is 4.79 Å². The van der Waals surface area contributed by atoms with Gasteiger partial charge in [-0.15, -0.1) is 0 Å². The second-order valence-electron chi connectivity index (χ2n) is 2.74. The van der Waals surface area contributed by atoms with E-state index in [0.717, 1.165) is 17.7 Å². The van der Waals surface area contributed by atoms with Gasteiger partial charge in [-0.2, -0.15) is 0 Å². The molecule has 0 radical (unpaired) electrons. The zero-order valence-electron chi connectivity index (χ0n) is 13.4. The van der Waals surface area contributed by atoms with Crippen LogP contribution in [-0.2, 0) is 6.54 Å². The molecular weight excluding hydrogens is 222 g/mol. The summed E-state index contributed by atoms with van der Waals surface area (Å²) in [6.07, 6.45) is 0. The van der Waals surface area contributed by atoms with Gasteiger partial charge in [0.05, 0.1) is 0 Å². The van der Waals surface area contributed by atoms with Crippen LogP contribution in [0.1, 0.15) is 64.4 Å². The molecule has 0 bridgehead atoms. The SMILES string of the molecule is CC.CC.CC.CNCc1ccccc1C(C)=O. The Morgan fingerprint density at radius 1 is 1.00 bits per heavy atom. The van der Waals surface area contributed by atoms with E-state index >= 15 is 0 Å². The highest BCUT2D eigenvalue weighted by Crippen LogP contribution is 2.08. The Balaban J connectivity index is -0.000000328. The van der Waals surface area contributed by atoms with E-state index in [0.29, 0.717) is 0 Å². The van der Waals surface area contributed by atoms with Gasteiger partial charge in [0, 0.05) is 12.1 Å². The van der Waals surface area contributed by atoms with Crippen LogP contribution in [0.2, 0.25) is 0 Å². The lowest BCUT2D eigenvalue weighted by Crippen LogP contribution is -2.09. The molecule has 0 aliphatic heterocycles. The average Bonchev–Trinajstić information content (AvgIpc) is 2.46. The zero-order chi connectivity index (χ0) is 15.0. The molecule has 0 aromatic heterocycles. The van der Waals surface area contributed by atoms with E-state index in [1.807, 2.05) is 72.9 Å². The molecule has 0 saturated carbocycles. The summed E-state index contributed by atoms with van der Waals surface area (Å²) in [5.41, 5.74) is 1.87. The summed E-state index contributed by atoms with van der Waals surface area (Å²) >= 11 is 0. The highest BCUT2D eigenvalue weighted by Gasteiger charge is 2.03. The van der Waals surface area contributed by atoms with Crippen molar-refractivity contribution in [3.05, 3.63) is 35.4 Å². The molecule has 0 fully saturated rings. The smallest absolute Gasteiger partial charge is 0.160 e. The molecule has 0 spiro atoms. The quantitative estimate of drug-likeness (QED) is 0.792. The van der Waals surface area contributed by atoms with Crippen LogP contribution in [0.15, 0.2) is 24.3 Å². The fourth-order valence-corrected chi connectivity index (χ4v) is 1.21. The first kappa shape index (κ1) is 22.1. The number of Topliss-reactive ketones (excluding diaryl/α,β-unsaturated/α-hetero) is 1. The van der Waals surface area contributed by atoms with Crippen molar-refractivity contribution in [3.8, 4) is 0 Å². The Hall–Kier alpha value is -1.15. The number of carbonyl (C=O) groups is 1. The van der Waals surface area contributed by atoms with Gasteiger partial charge in [-0.05, 0) is 19.5 Å². The molecule has 2 heteroatoms. The lowest BCUT2D eigenvalue weighted by Gasteiger charge is -2.04. The van der Waals surface area contributed by atoms with Crippen molar-refractivity contribution in [3.63, 3.8) is 0 Å². The fraction of sp³-hybridized carbons (Fsp3) is 0.562. The predicted molar refractivity (Wildman–Crippen MR) is 83.3 cm³/mol. The minimum Gasteiger partial charge on any atom is -0.316 e. The van der Waals surface area contributed by atoms with Crippen LogP contribution in [-0.4, -0.2) is 12.8 Å². The Kier molecular flexibility index (Phi) is 22.3. The van der Waals surface area contributed by atoms with Crippen LogP contribution in [0.25, 0.3) is 0 Å². The van der Waals surface area contributed by atoms with Crippen LogP contribution in [0.5, 0.6) is 0 Å². The van der Waals surface area contributed by atoms with E-state index in [4.69, 9.17) is 0 Å². The number of hydrogen-bond donors (Lipinski definition) is 1. The lowest BCUT2D eigenvalue weighted by molar-refractivity contribution is 0.101. The van der Waals surface area contributed by atoms with Crippen molar-refractivity contribution in [1.29, 1.82) is 0 Å². The Labute approximate surface area is 114 Å². The topological polar surface area (TPSA) is 29.1 Å². The van der Waals surface area contributed by atoms with Gasteiger partial charge in [0.15, 0.2) is 5.78 Å². The Morgan fingerprint density at radius 3 is 1.83 bits per heavy atom. The van der Waals surface area contributed by atoms with Crippen LogP contribution in [0, 0.1) is 0 Å². The highest BCUT2D eigenvalue weighted by atomic mass is 16.1. The maximum atomic E-state index is 11.1. The third-order valence-electron chi connectivity index (χ3n) is 1.76. The largest absolute Gasteiger partial charge is 0.316 e. The van der Waals surface area contributed by atoms with Crippen molar-refractivity contribution < 1.29 is 4.79 Å². The van der Waals surface area contributed by atoms with Gasteiger partial charge in [0.25, 0.3) is 0 Å². The normalized spacial score (nSPS) is 7.56. The number of carbonyl (C=O) groups excluding carboxylic acids is 1. The van der Waals surface area contributed by atoms with E-state index < -0.39 is 0 Å². The number of benzene rings is 1. The zero-order valence-corrected chi connectivity index (χ0v) is 13.4. The number of nitrogens with one attached hydrogen (secondary N) is 1. The summed E-state index contributed by atoms with van der Waals surface area (Å²) in [6.45, 7) is 14.3. The summed E-state index contributed by atoms with van der Waals surface area (Å²) in [5, 5.41) is 3.03. The minimum atomic E-state index is 0.126. The molecule has 1 N–H and O–H groups in total. The molecule has 1 rings (SSSR count). The summed E-state index contributed by atoms with van der Waals surface area (Å²) in [5.74, 6) is 0.126. The van der Waals surface area contributed by atoms with E-state index in [9.17, 15) is 4.79 Å². The fourth-order valence-electron chi connectivity index (χ4n) is 1.21. The summed E-state index contributed by atoms with van der Waals surface area (Å²) in [4.78, 5) is 11.1. The molecule has 0 amide bonds. The molecule has 1 aromatic rings. The summed E-state index contributed by atoms with van der Waals surface area (Å²) in [6, 6.07) is 7.65. The molecule has 2 nitrogen and oxygen atoms in total. The minimum absolute atomic E-state index is 0.126. The lowest BCUT2D eigenvalue weighted by atomic mass is 10.0. The van der Waals surface area contributed by atoms with Crippen LogP contribution in [0.3, 0.4) is 0 Å². The maximum Gasteiger partial charge on any atom is 0.160 e. The van der Waals surface area contributed by atoms with Crippen LogP contribution in [0.4, 0.5) is 0 Å². The van der Waals surface area contributed by atoms with Gasteiger partial charge >= 0.3 is 0 Å². The van der Waals surface area contributed by atoms with E-state index in [1.54, 1.807) is 6.92 Å². The van der Waals surface area contributed by atoms with Gasteiger partial charge in [0.2, 0.25) is 0 Å². The average molecular weight is 253 g/mol. The number of hydrogen-bond acceptors (Lipinski definition) is 2. The van der Waals surface area contributed by atoms with Gasteiger partial charge in [0.1, 0.15) is 0 Å². The van der Waals surface area contributed by atoms with E-state index in [1.165, 1.54) is 0 Å². The van der Waals surface area contributed by atoms with Gasteiger partial charge < -0.3 is 5.32 Å². The second kappa shape index (κ2) is 18.2. The molecule has 0 saturated heterocycles. The number of rotatable bonds is 3. The molecule has 0 heterocycles. The molecule has 1 aromatic carbocycles. The third-order valence-corrected chi connectivity index (χ3v) is 1.76. The molecule has 0 aliphatic carbocycles. The van der Waals surface area contributed by atoms with Crippen LogP contribution < -0.4 is 5.32 Å². The number of ketones is 1. The van der Waals surface area contributed by atoms with Gasteiger partial charge in [-0.1, -0.05) is 65.8 Å². The maximum absolute atomic E-state index is 11.1. The Bertz CT molecular complexity index is 282. The monoisotopic (exact) mass is 253 g/mol. The first-order chi connectivity index (χ1) is 8.75. The summed E-state index contributed by atoms with van der Waals surface area (Å²) in [7, 11) is 1.87.